The SMILES string of the molecule is CCOc1ccc(S(=O)(=O)N2CCC2)cc1C(=O)O. The summed E-state index contributed by atoms with van der Waals surface area (Å²) in [4.78, 5) is 11.1. The largest absolute Gasteiger partial charge is 0.493 e. The van der Waals surface area contributed by atoms with Crippen molar-refractivity contribution in [2.45, 2.75) is 18.2 Å². The summed E-state index contributed by atoms with van der Waals surface area (Å²) in [5, 5.41) is 9.10. The van der Waals surface area contributed by atoms with E-state index in [0.29, 0.717) is 19.7 Å². The highest BCUT2D eigenvalue weighted by atomic mass is 32.2. The molecule has 0 aromatic heterocycles. The van der Waals surface area contributed by atoms with Gasteiger partial charge in [-0.1, -0.05) is 0 Å². The third kappa shape index (κ3) is 2.57. The van der Waals surface area contributed by atoms with E-state index in [-0.39, 0.29) is 16.2 Å². The van der Waals surface area contributed by atoms with E-state index in [1.165, 1.54) is 16.4 Å². The highest BCUT2D eigenvalue weighted by molar-refractivity contribution is 7.89. The summed E-state index contributed by atoms with van der Waals surface area (Å²) < 4.78 is 30.8. The standard InChI is InChI=1S/C12H15NO5S/c1-2-18-11-5-4-9(8-10(11)12(14)15)19(16,17)13-6-3-7-13/h4-5,8H,2-3,6-7H2,1H3,(H,14,15). The fraction of sp³-hybridized carbons (Fsp3) is 0.417. The molecule has 0 amide bonds. The number of aromatic carboxylic acids is 1. The van der Waals surface area contributed by atoms with Gasteiger partial charge in [-0.15, -0.1) is 0 Å². The van der Waals surface area contributed by atoms with Crippen LogP contribution in [0.3, 0.4) is 0 Å². The molecule has 19 heavy (non-hydrogen) atoms. The second-order valence-corrected chi connectivity index (χ2v) is 6.09. The van der Waals surface area contributed by atoms with Crippen molar-refractivity contribution in [2.75, 3.05) is 19.7 Å². The Balaban J connectivity index is 2.43. The van der Waals surface area contributed by atoms with E-state index in [1.807, 2.05) is 0 Å². The Morgan fingerprint density at radius 3 is 2.58 bits per heavy atom. The first-order valence-electron chi connectivity index (χ1n) is 5.97. The Kier molecular flexibility index (Phi) is 3.77. The van der Waals surface area contributed by atoms with Crippen LogP contribution in [0.4, 0.5) is 0 Å². The minimum Gasteiger partial charge on any atom is -0.493 e. The van der Waals surface area contributed by atoms with Gasteiger partial charge in [0.15, 0.2) is 0 Å². The number of ether oxygens (including phenoxy) is 1. The van der Waals surface area contributed by atoms with E-state index < -0.39 is 16.0 Å². The Labute approximate surface area is 111 Å². The van der Waals surface area contributed by atoms with Crippen molar-refractivity contribution in [3.63, 3.8) is 0 Å². The number of carboxylic acid groups (broad SMARTS) is 1. The normalized spacial score (nSPS) is 15.8. The van der Waals surface area contributed by atoms with Gasteiger partial charge in [-0.2, -0.15) is 4.31 Å². The third-order valence-electron chi connectivity index (χ3n) is 2.93. The van der Waals surface area contributed by atoms with E-state index in [1.54, 1.807) is 6.92 Å². The summed E-state index contributed by atoms with van der Waals surface area (Å²) in [6, 6.07) is 3.92. The van der Waals surface area contributed by atoms with Crippen molar-refractivity contribution >= 4 is 16.0 Å². The van der Waals surface area contributed by atoms with Crippen LogP contribution in [0.1, 0.15) is 23.7 Å². The molecule has 0 atom stereocenters. The van der Waals surface area contributed by atoms with Crippen LogP contribution in [0, 0.1) is 0 Å². The van der Waals surface area contributed by atoms with Crippen molar-refractivity contribution in [2.24, 2.45) is 0 Å². The van der Waals surface area contributed by atoms with E-state index >= 15 is 0 Å². The van der Waals surface area contributed by atoms with Crippen molar-refractivity contribution in [3.05, 3.63) is 23.8 Å². The number of carboxylic acids is 1. The van der Waals surface area contributed by atoms with Gasteiger partial charge in [-0.3, -0.25) is 0 Å². The van der Waals surface area contributed by atoms with Crippen LogP contribution in [-0.4, -0.2) is 43.5 Å². The molecule has 7 heteroatoms. The molecule has 2 rings (SSSR count). The molecule has 0 aliphatic carbocycles. The minimum absolute atomic E-state index is 0.00643. The van der Waals surface area contributed by atoms with Gasteiger partial charge in [0, 0.05) is 13.1 Å². The van der Waals surface area contributed by atoms with Gasteiger partial charge in [-0.05, 0) is 31.5 Å². The first-order chi connectivity index (χ1) is 8.96. The minimum atomic E-state index is -3.58. The Bertz CT molecular complexity index is 592. The predicted molar refractivity (Wildman–Crippen MR) is 67.9 cm³/mol. The second kappa shape index (κ2) is 5.18. The fourth-order valence-electron chi connectivity index (χ4n) is 1.79. The van der Waals surface area contributed by atoms with Crippen LogP contribution in [0.15, 0.2) is 23.1 Å². The van der Waals surface area contributed by atoms with Crippen LogP contribution in [0.5, 0.6) is 5.75 Å². The number of nitrogens with zero attached hydrogens (tertiary/aromatic N) is 1. The first kappa shape index (κ1) is 13.8. The lowest BCUT2D eigenvalue weighted by atomic mass is 10.2. The zero-order valence-electron chi connectivity index (χ0n) is 10.5. The molecule has 1 aromatic rings. The number of benzene rings is 1. The lowest BCUT2D eigenvalue weighted by Crippen LogP contribution is -2.41. The van der Waals surface area contributed by atoms with Gasteiger partial charge in [-0.25, -0.2) is 13.2 Å². The Morgan fingerprint density at radius 1 is 1.42 bits per heavy atom. The highest BCUT2D eigenvalue weighted by Crippen LogP contribution is 2.26. The quantitative estimate of drug-likeness (QED) is 0.878. The summed E-state index contributed by atoms with van der Waals surface area (Å²) in [5.41, 5.74) is -0.136. The molecule has 1 N–H and O–H groups in total. The molecule has 0 bridgehead atoms. The molecule has 6 nitrogen and oxygen atoms in total. The Hall–Kier alpha value is -1.60. The first-order valence-corrected chi connectivity index (χ1v) is 7.41. The molecule has 0 unspecified atom stereocenters. The number of hydrogen-bond acceptors (Lipinski definition) is 4. The molecule has 0 spiro atoms. The van der Waals surface area contributed by atoms with E-state index in [2.05, 4.69) is 0 Å². The molecular formula is C12H15NO5S. The zero-order chi connectivity index (χ0) is 14.0. The summed E-state index contributed by atoms with van der Waals surface area (Å²) in [6.45, 7) is 3.02. The lowest BCUT2D eigenvalue weighted by molar-refractivity contribution is 0.0692. The average Bonchev–Trinajstić information content (AvgIpc) is 2.26. The molecule has 1 aromatic carbocycles. The van der Waals surface area contributed by atoms with Crippen LogP contribution in [0.25, 0.3) is 0 Å². The molecule has 104 valence electrons. The monoisotopic (exact) mass is 285 g/mol. The Morgan fingerprint density at radius 2 is 2.11 bits per heavy atom. The van der Waals surface area contributed by atoms with Gasteiger partial charge in [0.2, 0.25) is 10.0 Å². The van der Waals surface area contributed by atoms with Crippen molar-refractivity contribution < 1.29 is 23.1 Å². The van der Waals surface area contributed by atoms with Crippen molar-refractivity contribution in [1.29, 1.82) is 0 Å². The number of hydrogen-bond donors (Lipinski definition) is 1. The van der Waals surface area contributed by atoms with Crippen LogP contribution in [0.2, 0.25) is 0 Å². The maximum atomic E-state index is 12.2. The molecule has 1 saturated heterocycles. The summed E-state index contributed by atoms with van der Waals surface area (Å²) >= 11 is 0. The molecule has 1 aliphatic rings. The maximum Gasteiger partial charge on any atom is 0.339 e. The predicted octanol–water partition coefficient (Wildman–Crippen LogP) is 1.18. The third-order valence-corrected chi connectivity index (χ3v) is 4.83. The smallest absolute Gasteiger partial charge is 0.339 e. The lowest BCUT2D eigenvalue weighted by Gasteiger charge is -2.29. The molecule has 1 heterocycles. The molecule has 0 radical (unpaired) electrons. The van der Waals surface area contributed by atoms with E-state index in [9.17, 15) is 13.2 Å². The van der Waals surface area contributed by atoms with Crippen LogP contribution < -0.4 is 4.74 Å². The van der Waals surface area contributed by atoms with Gasteiger partial charge >= 0.3 is 5.97 Å². The number of sulfonamides is 1. The van der Waals surface area contributed by atoms with Crippen LogP contribution in [-0.2, 0) is 10.0 Å². The summed E-state index contributed by atoms with van der Waals surface area (Å²) in [5.74, 6) is -1.03. The van der Waals surface area contributed by atoms with Gasteiger partial charge in [0.05, 0.1) is 11.5 Å². The molecule has 1 fully saturated rings. The molecular weight excluding hydrogens is 270 g/mol. The number of rotatable bonds is 5. The second-order valence-electron chi connectivity index (χ2n) is 4.15. The fourth-order valence-corrected chi connectivity index (χ4v) is 3.34. The van der Waals surface area contributed by atoms with E-state index in [4.69, 9.17) is 9.84 Å². The van der Waals surface area contributed by atoms with Gasteiger partial charge < -0.3 is 9.84 Å². The molecule has 1 aliphatic heterocycles. The van der Waals surface area contributed by atoms with Crippen LogP contribution >= 0.6 is 0 Å². The average molecular weight is 285 g/mol. The van der Waals surface area contributed by atoms with Crippen molar-refractivity contribution in [3.8, 4) is 5.75 Å². The highest BCUT2D eigenvalue weighted by Gasteiger charge is 2.30. The summed E-state index contributed by atoms with van der Waals surface area (Å²) in [6.07, 6.45) is 0.835. The molecule has 0 saturated carbocycles. The van der Waals surface area contributed by atoms with E-state index in [0.717, 1.165) is 12.5 Å². The topological polar surface area (TPSA) is 83.9 Å². The summed E-state index contributed by atoms with van der Waals surface area (Å²) in [7, 11) is -3.58. The maximum absolute atomic E-state index is 12.2. The van der Waals surface area contributed by atoms with Gasteiger partial charge in [0.25, 0.3) is 0 Å². The number of carbonyl (C=O) groups is 1. The van der Waals surface area contributed by atoms with Crippen molar-refractivity contribution in [1.82, 2.24) is 4.31 Å². The van der Waals surface area contributed by atoms with Gasteiger partial charge in [0.1, 0.15) is 11.3 Å². The zero-order valence-corrected chi connectivity index (χ0v) is 11.3.